The minimum Gasteiger partial charge on any atom is -0.383 e. The van der Waals surface area contributed by atoms with E-state index in [9.17, 15) is 4.39 Å². The van der Waals surface area contributed by atoms with Crippen molar-refractivity contribution >= 4 is 21.7 Å². The Morgan fingerprint density at radius 1 is 1.53 bits per heavy atom. The molecule has 1 aromatic heterocycles. The average Bonchev–Trinajstić information content (AvgIpc) is 2.70. The van der Waals surface area contributed by atoms with Crippen molar-refractivity contribution in [1.82, 2.24) is 9.55 Å². The van der Waals surface area contributed by atoms with Gasteiger partial charge in [-0.25, -0.2) is 9.37 Å². The first-order chi connectivity index (χ1) is 9.08. The quantitative estimate of drug-likeness (QED) is 0.870. The molecule has 0 unspecified atom stereocenters. The second-order valence-corrected chi connectivity index (χ2v) is 5.05. The Bertz CT molecular complexity index is 619. The van der Waals surface area contributed by atoms with Crippen molar-refractivity contribution in [3.63, 3.8) is 0 Å². The number of hydrogen-bond donors (Lipinski definition) is 1. The highest BCUT2D eigenvalue weighted by Gasteiger charge is 2.17. The van der Waals surface area contributed by atoms with Crippen LogP contribution in [0, 0.1) is 5.82 Å². The molecule has 1 heterocycles. The molecule has 0 spiro atoms. The normalized spacial score (nSPS) is 10.7. The van der Waals surface area contributed by atoms with Crippen molar-refractivity contribution in [2.24, 2.45) is 0 Å². The molecule has 0 saturated carbocycles. The zero-order valence-corrected chi connectivity index (χ0v) is 12.2. The lowest BCUT2D eigenvalue weighted by atomic mass is 10.1. The van der Waals surface area contributed by atoms with Crippen LogP contribution in [0.1, 0.15) is 12.7 Å². The predicted octanol–water partition coefficient (Wildman–Crippen LogP) is 3.78. The number of nitrogen functional groups attached to an aromatic ring is 1. The van der Waals surface area contributed by atoms with Crippen molar-refractivity contribution in [2.75, 3.05) is 5.73 Å². The predicted molar refractivity (Wildman–Crippen MR) is 79.3 cm³/mol. The number of imidazole rings is 1. The van der Waals surface area contributed by atoms with E-state index in [2.05, 4.69) is 27.5 Å². The number of benzene rings is 1. The number of anilines is 1. The monoisotopic (exact) mass is 323 g/mol. The molecule has 0 fully saturated rings. The van der Waals surface area contributed by atoms with E-state index in [1.807, 2.05) is 11.5 Å². The maximum atomic E-state index is 13.9. The molecule has 0 amide bonds. The maximum Gasteiger partial charge on any atom is 0.132 e. The molecule has 0 aliphatic heterocycles. The summed E-state index contributed by atoms with van der Waals surface area (Å²) in [5.41, 5.74) is 6.98. The van der Waals surface area contributed by atoms with E-state index >= 15 is 0 Å². The minimum atomic E-state index is -0.333. The molecule has 0 aliphatic rings. The van der Waals surface area contributed by atoms with Gasteiger partial charge in [0.25, 0.3) is 0 Å². The van der Waals surface area contributed by atoms with Crippen LogP contribution in [0.15, 0.2) is 35.3 Å². The summed E-state index contributed by atoms with van der Waals surface area (Å²) in [6.07, 6.45) is 2.48. The SMILES string of the molecule is C=CCn1c(CC)nc(-c2cc(Br)ccc2F)c1N. The molecule has 2 rings (SSSR count). The minimum absolute atomic E-state index is 0.333. The number of allylic oxidation sites excluding steroid dienone is 1. The van der Waals surface area contributed by atoms with E-state index < -0.39 is 0 Å². The highest BCUT2D eigenvalue weighted by molar-refractivity contribution is 9.10. The third kappa shape index (κ3) is 2.56. The van der Waals surface area contributed by atoms with Crippen LogP contribution in [0.2, 0.25) is 0 Å². The van der Waals surface area contributed by atoms with E-state index in [1.54, 1.807) is 18.2 Å². The van der Waals surface area contributed by atoms with Crippen molar-refractivity contribution in [3.8, 4) is 11.3 Å². The van der Waals surface area contributed by atoms with Crippen molar-refractivity contribution in [2.45, 2.75) is 19.9 Å². The molecule has 0 saturated heterocycles. The average molecular weight is 324 g/mol. The van der Waals surface area contributed by atoms with E-state index in [1.165, 1.54) is 6.07 Å². The fourth-order valence-electron chi connectivity index (χ4n) is 1.99. The number of aromatic nitrogens is 2. The van der Waals surface area contributed by atoms with E-state index in [-0.39, 0.29) is 5.82 Å². The fraction of sp³-hybridized carbons (Fsp3) is 0.214. The number of aryl methyl sites for hydroxylation is 1. The van der Waals surface area contributed by atoms with Gasteiger partial charge < -0.3 is 10.3 Å². The Morgan fingerprint density at radius 2 is 2.26 bits per heavy atom. The lowest BCUT2D eigenvalue weighted by Gasteiger charge is -2.05. The Hall–Kier alpha value is -1.62. The van der Waals surface area contributed by atoms with Gasteiger partial charge >= 0.3 is 0 Å². The number of rotatable bonds is 4. The molecule has 0 aliphatic carbocycles. The lowest BCUT2D eigenvalue weighted by molar-refractivity contribution is 0.630. The Kier molecular flexibility index (Phi) is 4.04. The van der Waals surface area contributed by atoms with Crippen molar-refractivity contribution < 1.29 is 4.39 Å². The van der Waals surface area contributed by atoms with Crippen molar-refractivity contribution in [3.05, 3.63) is 47.0 Å². The second-order valence-electron chi connectivity index (χ2n) is 4.14. The maximum absolute atomic E-state index is 13.9. The van der Waals surface area contributed by atoms with Crippen LogP contribution in [-0.2, 0) is 13.0 Å². The molecule has 0 radical (unpaired) electrons. The molecule has 100 valence electrons. The summed E-state index contributed by atoms with van der Waals surface area (Å²) in [7, 11) is 0. The first kappa shape index (κ1) is 13.8. The standard InChI is InChI=1S/C14H15BrFN3/c1-3-7-19-12(4-2)18-13(14(19)17)10-8-9(15)5-6-11(10)16/h3,5-6,8H,1,4,7,17H2,2H3. The van der Waals surface area contributed by atoms with Gasteiger partial charge in [-0.1, -0.05) is 28.9 Å². The smallest absolute Gasteiger partial charge is 0.132 e. The molecule has 0 bridgehead atoms. The molecular weight excluding hydrogens is 309 g/mol. The molecular formula is C14H15BrFN3. The van der Waals surface area contributed by atoms with Crippen molar-refractivity contribution in [1.29, 1.82) is 0 Å². The number of halogens is 2. The highest BCUT2D eigenvalue weighted by atomic mass is 79.9. The van der Waals surface area contributed by atoms with Gasteiger partial charge in [-0.3, -0.25) is 0 Å². The van der Waals surface area contributed by atoms with E-state index in [0.717, 1.165) is 16.7 Å². The third-order valence-corrected chi connectivity index (χ3v) is 3.39. The molecule has 19 heavy (non-hydrogen) atoms. The molecule has 2 aromatic rings. The Balaban J connectivity index is 2.62. The van der Waals surface area contributed by atoms with Crippen LogP contribution < -0.4 is 5.73 Å². The Morgan fingerprint density at radius 3 is 2.89 bits per heavy atom. The van der Waals surface area contributed by atoms with E-state index in [0.29, 0.717) is 23.6 Å². The summed E-state index contributed by atoms with van der Waals surface area (Å²) in [4.78, 5) is 4.45. The summed E-state index contributed by atoms with van der Waals surface area (Å²) >= 11 is 3.33. The largest absolute Gasteiger partial charge is 0.383 e. The van der Waals surface area contributed by atoms with Crippen LogP contribution in [0.3, 0.4) is 0 Å². The first-order valence-electron chi connectivity index (χ1n) is 5.99. The number of nitrogens with two attached hydrogens (primary N) is 1. The highest BCUT2D eigenvalue weighted by Crippen LogP contribution is 2.30. The van der Waals surface area contributed by atoms with Gasteiger partial charge in [0.1, 0.15) is 23.2 Å². The first-order valence-corrected chi connectivity index (χ1v) is 6.79. The van der Waals surface area contributed by atoms with Crippen LogP contribution in [0.25, 0.3) is 11.3 Å². The van der Waals surface area contributed by atoms with E-state index in [4.69, 9.17) is 5.73 Å². The third-order valence-electron chi connectivity index (χ3n) is 2.90. The van der Waals surface area contributed by atoms with Gasteiger partial charge in [0.15, 0.2) is 0 Å². The molecule has 0 atom stereocenters. The van der Waals surface area contributed by atoms with Gasteiger partial charge in [-0.2, -0.15) is 0 Å². The summed E-state index contributed by atoms with van der Waals surface area (Å²) in [6.45, 7) is 6.26. The topological polar surface area (TPSA) is 43.8 Å². The number of nitrogens with zero attached hydrogens (tertiary/aromatic N) is 2. The zero-order chi connectivity index (χ0) is 14.0. The molecule has 5 heteroatoms. The molecule has 1 aromatic carbocycles. The summed E-state index contributed by atoms with van der Waals surface area (Å²) in [6, 6.07) is 4.74. The van der Waals surface area contributed by atoms with Gasteiger partial charge in [0.2, 0.25) is 0 Å². The molecule has 2 N–H and O–H groups in total. The lowest BCUT2D eigenvalue weighted by Crippen LogP contribution is -2.05. The van der Waals surface area contributed by atoms with Gasteiger partial charge in [0, 0.05) is 23.0 Å². The fourth-order valence-corrected chi connectivity index (χ4v) is 2.35. The molecule has 3 nitrogen and oxygen atoms in total. The van der Waals surface area contributed by atoms with Crippen LogP contribution in [-0.4, -0.2) is 9.55 Å². The summed E-state index contributed by atoms with van der Waals surface area (Å²) in [5, 5.41) is 0. The van der Waals surface area contributed by atoms with Gasteiger partial charge in [-0.15, -0.1) is 6.58 Å². The van der Waals surface area contributed by atoms with Crippen LogP contribution in [0.5, 0.6) is 0 Å². The van der Waals surface area contributed by atoms with Crippen LogP contribution in [0.4, 0.5) is 10.2 Å². The second kappa shape index (κ2) is 5.57. The van der Waals surface area contributed by atoms with Crippen LogP contribution >= 0.6 is 15.9 Å². The summed E-state index contributed by atoms with van der Waals surface area (Å²) in [5.74, 6) is 0.960. The van der Waals surface area contributed by atoms with Gasteiger partial charge in [-0.05, 0) is 18.2 Å². The zero-order valence-electron chi connectivity index (χ0n) is 10.7. The number of hydrogen-bond acceptors (Lipinski definition) is 2. The van der Waals surface area contributed by atoms with Gasteiger partial charge in [0.05, 0.1) is 0 Å². The Labute approximate surface area is 120 Å². The summed E-state index contributed by atoms with van der Waals surface area (Å²) < 4.78 is 16.6.